The number of halogens is 1. The lowest BCUT2D eigenvalue weighted by atomic mass is 9.98. The number of rotatable bonds is 7. The average Bonchev–Trinajstić information content (AvgIpc) is 3.32. The van der Waals surface area contributed by atoms with Crippen LogP contribution in [-0.2, 0) is 26.2 Å². The standard InChI is InChI=1S/C24H26FN3O5S/c1-16(2)17-5-9-21(10-6-17)34(30,31)28-13-11-19(12-14-28)24(29)32-15-22-26-23(27-33-22)18-3-7-20(25)8-4-18/h3-10,16,19H,11-15H2,1-2H3. The normalized spacial score (nSPS) is 15.5. The number of carbonyl (C=O) groups excluding carboxylic acids is 1. The lowest BCUT2D eigenvalue weighted by Gasteiger charge is -2.30. The highest BCUT2D eigenvalue weighted by Gasteiger charge is 2.33. The zero-order chi connectivity index (χ0) is 24.3. The van der Waals surface area contributed by atoms with Crippen LogP contribution in [0.2, 0.25) is 0 Å². The largest absolute Gasteiger partial charge is 0.455 e. The highest BCUT2D eigenvalue weighted by molar-refractivity contribution is 7.89. The first-order chi connectivity index (χ1) is 16.2. The quantitative estimate of drug-likeness (QED) is 0.462. The van der Waals surface area contributed by atoms with Gasteiger partial charge in [0.2, 0.25) is 15.8 Å². The summed E-state index contributed by atoms with van der Waals surface area (Å²) in [5.41, 5.74) is 1.65. The molecule has 1 aliphatic heterocycles. The molecule has 0 spiro atoms. The van der Waals surface area contributed by atoms with Crippen LogP contribution in [0.5, 0.6) is 0 Å². The molecule has 0 unspecified atom stereocenters. The van der Waals surface area contributed by atoms with Crippen LogP contribution in [-0.4, -0.2) is 41.9 Å². The molecule has 1 aromatic heterocycles. The SMILES string of the molecule is CC(C)c1ccc(S(=O)(=O)N2CCC(C(=O)OCc3nc(-c4ccc(F)cc4)no3)CC2)cc1. The molecule has 0 amide bonds. The van der Waals surface area contributed by atoms with Crippen molar-refractivity contribution in [3.63, 3.8) is 0 Å². The van der Waals surface area contributed by atoms with Gasteiger partial charge in [0.15, 0.2) is 6.61 Å². The van der Waals surface area contributed by atoms with Crippen LogP contribution in [0.3, 0.4) is 0 Å². The van der Waals surface area contributed by atoms with Gasteiger partial charge in [-0.2, -0.15) is 9.29 Å². The van der Waals surface area contributed by atoms with Crippen LogP contribution in [0.15, 0.2) is 57.9 Å². The monoisotopic (exact) mass is 487 g/mol. The Bertz CT molecular complexity index is 1230. The Labute approximate surface area is 197 Å². The molecular formula is C24H26FN3O5S. The van der Waals surface area contributed by atoms with Gasteiger partial charge in [-0.1, -0.05) is 31.1 Å². The van der Waals surface area contributed by atoms with Gasteiger partial charge in [0.05, 0.1) is 10.8 Å². The number of hydrogen-bond acceptors (Lipinski definition) is 7. The van der Waals surface area contributed by atoms with E-state index < -0.39 is 21.9 Å². The third kappa shape index (κ3) is 5.34. The molecule has 4 rings (SSSR count). The third-order valence-corrected chi connectivity index (χ3v) is 7.79. The molecule has 1 aliphatic rings. The van der Waals surface area contributed by atoms with Gasteiger partial charge < -0.3 is 9.26 Å². The minimum atomic E-state index is -3.61. The number of aromatic nitrogens is 2. The van der Waals surface area contributed by atoms with Gasteiger partial charge in [0.1, 0.15) is 5.82 Å². The van der Waals surface area contributed by atoms with Gasteiger partial charge in [-0.3, -0.25) is 4.79 Å². The molecule has 180 valence electrons. The van der Waals surface area contributed by atoms with Gasteiger partial charge in [-0.15, -0.1) is 0 Å². The first-order valence-electron chi connectivity index (χ1n) is 11.1. The Morgan fingerprint density at radius 2 is 1.76 bits per heavy atom. The highest BCUT2D eigenvalue weighted by Crippen LogP contribution is 2.26. The van der Waals surface area contributed by atoms with Gasteiger partial charge in [0.25, 0.3) is 5.89 Å². The van der Waals surface area contributed by atoms with Crippen molar-refractivity contribution in [2.24, 2.45) is 5.92 Å². The maximum absolute atomic E-state index is 13.1. The van der Waals surface area contributed by atoms with Gasteiger partial charge >= 0.3 is 5.97 Å². The lowest BCUT2D eigenvalue weighted by molar-refractivity contribution is -0.152. The molecule has 0 bridgehead atoms. The van der Waals surface area contributed by atoms with Gasteiger partial charge in [0, 0.05) is 18.7 Å². The summed E-state index contributed by atoms with van der Waals surface area (Å²) < 4.78 is 50.8. The van der Waals surface area contributed by atoms with Crippen LogP contribution in [0.1, 0.15) is 44.1 Å². The Morgan fingerprint density at radius 3 is 2.38 bits per heavy atom. The number of hydrogen-bond donors (Lipinski definition) is 0. The van der Waals surface area contributed by atoms with Crippen molar-refractivity contribution in [1.82, 2.24) is 14.4 Å². The van der Waals surface area contributed by atoms with E-state index in [0.717, 1.165) is 5.56 Å². The molecule has 10 heteroatoms. The molecule has 0 N–H and O–H groups in total. The molecule has 2 aromatic carbocycles. The molecule has 3 aromatic rings. The minimum absolute atomic E-state index is 0.123. The lowest BCUT2D eigenvalue weighted by Crippen LogP contribution is -2.40. The second-order valence-corrected chi connectivity index (χ2v) is 10.5. The Morgan fingerprint density at radius 1 is 1.12 bits per heavy atom. The van der Waals surface area contributed by atoms with E-state index in [1.54, 1.807) is 12.1 Å². The second-order valence-electron chi connectivity index (χ2n) is 8.53. The third-order valence-electron chi connectivity index (χ3n) is 5.88. The molecule has 1 fully saturated rings. The molecule has 1 saturated heterocycles. The molecule has 2 heterocycles. The van der Waals surface area contributed by atoms with E-state index in [4.69, 9.17) is 9.26 Å². The Balaban J connectivity index is 1.29. The summed E-state index contributed by atoms with van der Waals surface area (Å²) in [5.74, 6) is -0.498. The van der Waals surface area contributed by atoms with Crippen molar-refractivity contribution in [2.75, 3.05) is 13.1 Å². The number of carbonyl (C=O) groups is 1. The highest BCUT2D eigenvalue weighted by atomic mass is 32.2. The zero-order valence-corrected chi connectivity index (χ0v) is 19.8. The van der Waals surface area contributed by atoms with Crippen LogP contribution >= 0.6 is 0 Å². The fourth-order valence-electron chi connectivity index (χ4n) is 3.79. The molecule has 0 saturated carbocycles. The molecule has 8 nitrogen and oxygen atoms in total. The average molecular weight is 488 g/mol. The minimum Gasteiger partial charge on any atom is -0.455 e. The predicted molar refractivity (Wildman–Crippen MR) is 122 cm³/mol. The Kier molecular flexibility index (Phi) is 7.08. The number of ether oxygens (including phenoxy) is 1. The summed E-state index contributed by atoms with van der Waals surface area (Å²) in [6, 6.07) is 12.6. The smallest absolute Gasteiger partial charge is 0.309 e. The summed E-state index contributed by atoms with van der Waals surface area (Å²) in [7, 11) is -3.61. The first-order valence-corrected chi connectivity index (χ1v) is 12.5. The maximum atomic E-state index is 13.1. The van der Waals surface area contributed by atoms with Crippen LogP contribution < -0.4 is 0 Å². The van der Waals surface area contributed by atoms with Gasteiger partial charge in [-0.25, -0.2) is 12.8 Å². The molecule has 0 atom stereocenters. The Hall–Kier alpha value is -3.11. The fourth-order valence-corrected chi connectivity index (χ4v) is 5.26. The van der Waals surface area contributed by atoms with Crippen molar-refractivity contribution in [3.05, 3.63) is 65.8 Å². The van der Waals surface area contributed by atoms with E-state index >= 15 is 0 Å². The van der Waals surface area contributed by atoms with E-state index in [0.29, 0.717) is 24.3 Å². The number of nitrogens with zero attached hydrogens (tertiary/aromatic N) is 3. The molecule has 34 heavy (non-hydrogen) atoms. The van der Waals surface area contributed by atoms with E-state index in [-0.39, 0.29) is 42.1 Å². The van der Waals surface area contributed by atoms with E-state index in [1.807, 2.05) is 12.1 Å². The van der Waals surface area contributed by atoms with E-state index in [2.05, 4.69) is 24.0 Å². The molecular weight excluding hydrogens is 461 g/mol. The predicted octanol–water partition coefficient (Wildman–Crippen LogP) is 4.14. The van der Waals surface area contributed by atoms with Crippen LogP contribution in [0.25, 0.3) is 11.4 Å². The fraction of sp³-hybridized carbons (Fsp3) is 0.375. The number of sulfonamides is 1. The summed E-state index contributed by atoms with van der Waals surface area (Å²) in [5, 5.41) is 3.81. The van der Waals surface area contributed by atoms with Crippen molar-refractivity contribution >= 4 is 16.0 Å². The molecule has 0 radical (unpaired) electrons. The van der Waals surface area contributed by atoms with Crippen molar-refractivity contribution < 1.29 is 26.9 Å². The number of benzene rings is 2. The maximum Gasteiger partial charge on any atom is 0.309 e. The number of piperidine rings is 1. The van der Waals surface area contributed by atoms with Crippen LogP contribution in [0, 0.1) is 11.7 Å². The van der Waals surface area contributed by atoms with Crippen molar-refractivity contribution in [1.29, 1.82) is 0 Å². The van der Waals surface area contributed by atoms with Crippen molar-refractivity contribution in [2.45, 2.75) is 44.1 Å². The van der Waals surface area contributed by atoms with Gasteiger partial charge in [-0.05, 0) is 60.7 Å². The zero-order valence-electron chi connectivity index (χ0n) is 19.0. The number of esters is 1. The first kappa shape index (κ1) is 24.0. The van der Waals surface area contributed by atoms with E-state index in [9.17, 15) is 17.6 Å². The topological polar surface area (TPSA) is 103 Å². The summed E-state index contributed by atoms with van der Waals surface area (Å²) in [6.45, 7) is 4.40. The van der Waals surface area contributed by atoms with Crippen molar-refractivity contribution in [3.8, 4) is 11.4 Å². The second kappa shape index (κ2) is 10.0. The summed E-state index contributed by atoms with van der Waals surface area (Å²) >= 11 is 0. The van der Waals surface area contributed by atoms with E-state index in [1.165, 1.54) is 28.6 Å². The van der Waals surface area contributed by atoms with Crippen LogP contribution in [0.4, 0.5) is 4.39 Å². The summed E-state index contributed by atoms with van der Waals surface area (Å²) in [4.78, 5) is 16.9. The molecule has 0 aliphatic carbocycles. The summed E-state index contributed by atoms with van der Waals surface area (Å²) in [6.07, 6.45) is 0.736.